The number of rotatable bonds is 64. The van der Waals surface area contributed by atoms with E-state index in [4.69, 9.17) is 56.8 Å². The number of hydrogen-bond acceptors (Lipinski definition) is 28. The Morgan fingerprint density at radius 1 is 0.218 bits per heavy atom. The van der Waals surface area contributed by atoms with Gasteiger partial charge in [-0.2, -0.15) is 0 Å². The van der Waals surface area contributed by atoms with Gasteiger partial charge in [0.25, 0.3) is 0 Å². The van der Waals surface area contributed by atoms with Gasteiger partial charge in [0.15, 0.2) is 23.1 Å². The maximum atomic E-state index is 12.5. The Labute approximate surface area is 616 Å². The summed E-state index contributed by atoms with van der Waals surface area (Å²) >= 11 is 0. The molecule has 0 rings (SSSR count). The number of ether oxygens (including phenoxy) is 12. The summed E-state index contributed by atoms with van der Waals surface area (Å²) in [5, 5.41) is 50.8. The molecule has 0 radical (unpaired) electrons. The van der Waals surface area contributed by atoms with Crippen LogP contribution in [0.25, 0.3) is 0 Å². The van der Waals surface area contributed by atoms with Crippen molar-refractivity contribution in [2.24, 2.45) is 0 Å². The molecule has 0 aliphatic heterocycles. The van der Waals surface area contributed by atoms with Crippen LogP contribution in [-0.2, 0) is 141 Å². The van der Waals surface area contributed by atoms with Crippen LogP contribution in [0.4, 0.5) is 0 Å². The van der Waals surface area contributed by atoms with Crippen LogP contribution >= 0.6 is 0 Å². The fraction of sp³-hybridized carbons (Fsp3) is 0.824. The zero-order chi connectivity index (χ0) is 76.5. The maximum Gasteiger partial charge on any atom is 4.00 e. The average Bonchev–Trinajstić information content (AvgIpc) is 0.864. The Hall–Kier alpha value is -5.16. The molecule has 0 fully saturated rings. The fourth-order valence-electron chi connectivity index (χ4n) is 6.86. The number of unbranched alkanes of at least 4 members (excludes halogenated alkanes) is 12. The third kappa shape index (κ3) is 50.8. The molecule has 0 heterocycles. The molecule has 0 atom stereocenters. The number of carboxylic acids is 4. The van der Waals surface area contributed by atoms with Crippen LogP contribution in [-0.4, -0.2) is 200 Å². The Kier molecular flexibility index (Phi) is 70.3. The van der Waals surface area contributed by atoms with Gasteiger partial charge in [-0.05, 0) is 77.0 Å². The largest absolute Gasteiger partial charge is 4.00 e. The molecule has 4 amide bonds. The molecule has 4 N–H and O–H groups in total. The number of amides is 4. The zero-order valence-corrected chi connectivity index (χ0v) is 64.7. The molecule has 32 nitrogen and oxygen atoms in total. The van der Waals surface area contributed by atoms with Crippen molar-refractivity contribution in [3.63, 3.8) is 0 Å². The van der Waals surface area contributed by atoms with E-state index in [1.54, 1.807) is 0 Å². The molecule has 0 aliphatic carbocycles. The summed E-state index contributed by atoms with van der Waals surface area (Å²) in [5.74, 6) is -23.6. The Morgan fingerprint density at radius 3 is 0.396 bits per heavy atom. The van der Waals surface area contributed by atoms with Crippen LogP contribution in [0, 0.1) is 0 Å². The van der Waals surface area contributed by atoms with Crippen molar-refractivity contribution in [2.75, 3.05) is 105 Å². The summed E-state index contributed by atoms with van der Waals surface area (Å²) < 4.78 is 67.0. The van der Waals surface area contributed by atoms with Crippen LogP contribution in [0.15, 0.2) is 0 Å². The van der Waals surface area contributed by atoms with Gasteiger partial charge < -0.3 is 118 Å². The van der Waals surface area contributed by atoms with Crippen LogP contribution in [0.2, 0.25) is 0 Å². The van der Waals surface area contributed by atoms with E-state index in [9.17, 15) is 78.0 Å². The summed E-state index contributed by atoms with van der Waals surface area (Å²) in [6, 6.07) is 0. The number of aliphatic carboxylic acids is 4. The minimum absolute atomic E-state index is 0. The van der Waals surface area contributed by atoms with E-state index in [2.05, 4.69) is 21.3 Å². The van der Waals surface area contributed by atoms with E-state index >= 15 is 0 Å². The van der Waals surface area contributed by atoms with Gasteiger partial charge in [0, 0.05) is 0 Å². The standard InChI is InChI=1S/4C17H31NO7.Zr/c4*1-4-7-10-23-17(24-11-8-5-2,25-12-9-6-3)16(22)18-13-14(19)15(20)21;/h4*4-13H2,1-3H3,(H,18,22)(H,20,21);/q;;;;+4/p-4. The minimum atomic E-state index is -1.98. The van der Waals surface area contributed by atoms with E-state index in [0.29, 0.717) is 77.0 Å². The summed E-state index contributed by atoms with van der Waals surface area (Å²) in [6.45, 7) is 23.6. The maximum absolute atomic E-state index is 12.5. The van der Waals surface area contributed by atoms with Crippen LogP contribution in [0.3, 0.4) is 0 Å². The van der Waals surface area contributed by atoms with Crippen molar-refractivity contribution in [1.82, 2.24) is 21.3 Å². The molecule has 101 heavy (non-hydrogen) atoms. The van der Waals surface area contributed by atoms with Gasteiger partial charge in [0.1, 0.15) is 23.9 Å². The minimum Gasteiger partial charge on any atom is -0.542 e. The summed E-state index contributed by atoms with van der Waals surface area (Å²) in [5.41, 5.74) is 0. The molecular weight excluding hydrogens is 1410 g/mol. The SMILES string of the molecule is CCCCOC(OCCCC)(OCCCC)C(=O)NCC(=O)C(=O)[O-].CCCCOC(OCCCC)(OCCCC)C(=O)NCC(=O)C(=O)[O-].CCCCOC(OCCCC)(OCCCC)C(=O)NCC(=O)C(=O)[O-].CCCCOC(OCCCC)(OCCCC)C(=O)NCC(=O)C(=O)[O-].[Zr+4]. The van der Waals surface area contributed by atoms with E-state index in [1.165, 1.54) is 0 Å². The first-order valence-electron chi connectivity index (χ1n) is 35.5. The molecule has 584 valence electrons. The van der Waals surface area contributed by atoms with Gasteiger partial charge in [0.05, 0.1) is 105 Å². The zero-order valence-electron chi connectivity index (χ0n) is 62.2. The molecule has 0 unspecified atom stereocenters. The fourth-order valence-corrected chi connectivity index (χ4v) is 6.86. The first-order chi connectivity index (χ1) is 47.7. The molecular formula is C68H120N4O28Zr. The van der Waals surface area contributed by atoms with Crippen molar-refractivity contribution in [3.05, 3.63) is 0 Å². The molecule has 0 aromatic heterocycles. The molecule has 0 aliphatic rings. The average molecular weight is 1530 g/mol. The van der Waals surface area contributed by atoms with Crippen LogP contribution < -0.4 is 41.7 Å². The second-order valence-corrected chi connectivity index (χ2v) is 22.2. The molecule has 0 bridgehead atoms. The van der Waals surface area contributed by atoms with Crippen LogP contribution in [0.5, 0.6) is 0 Å². The van der Waals surface area contributed by atoms with Gasteiger partial charge in [-0.15, -0.1) is 0 Å². The van der Waals surface area contributed by atoms with Gasteiger partial charge in [0.2, 0.25) is 0 Å². The number of Topliss-reactive ketones (excluding diaryl/α,β-unsaturated/α-hetero) is 4. The molecule has 0 saturated heterocycles. The number of carbonyl (C=O) groups is 12. The summed E-state index contributed by atoms with van der Waals surface area (Å²) in [7, 11) is 0. The first kappa shape index (κ1) is 104. The second-order valence-electron chi connectivity index (χ2n) is 22.2. The third-order valence-corrected chi connectivity index (χ3v) is 13.1. The topological polar surface area (TPSA) is 456 Å². The van der Waals surface area contributed by atoms with Crippen molar-refractivity contribution >= 4 is 70.6 Å². The predicted molar refractivity (Wildman–Crippen MR) is 353 cm³/mol. The predicted octanol–water partition coefficient (Wildman–Crippen LogP) is 2.10. The molecule has 33 heteroatoms. The summed E-state index contributed by atoms with van der Waals surface area (Å²) in [6.07, 6.45) is 18.6. The molecule has 0 saturated carbocycles. The number of carboxylic acid groups (broad SMARTS) is 4. The van der Waals surface area contributed by atoms with Gasteiger partial charge in [-0.25, -0.2) is 0 Å². The number of nitrogens with one attached hydrogen (secondary N) is 4. The van der Waals surface area contributed by atoms with Crippen molar-refractivity contribution in [3.8, 4) is 0 Å². The molecule has 0 spiro atoms. The third-order valence-electron chi connectivity index (χ3n) is 13.1. The molecule has 0 aromatic rings. The number of ketones is 4. The van der Waals surface area contributed by atoms with Crippen LogP contribution in [0.1, 0.15) is 237 Å². The summed E-state index contributed by atoms with van der Waals surface area (Å²) in [4.78, 5) is 137. The smallest absolute Gasteiger partial charge is 0.542 e. The van der Waals surface area contributed by atoms with Crippen molar-refractivity contribution in [1.29, 1.82) is 0 Å². The first-order valence-corrected chi connectivity index (χ1v) is 35.5. The number of carbonyl (C=O) groups excluding carboxylic acids is 12. The van der Waals surface area contributed by atoms with Gasteiger partial charge in [-0.1, -0.05) is 160 Å². The van der Waals surface area contributed by atoms with E-state index < -0.39 is 121 Å². The quantitative estimate of drug-likeness (QED) is 0.0385. The van der Waals surface area contributed by atoms with E-state index in [1.807, 2.05) is 83.1 Å². The molecule has 0 aromatic carbocycles. The van der Waals surface area contributed by atoms with Gasteiger partial charge >= 0.3 is 73.7 Å². The van der Waals surface area contributed by atoms with Gasteiger partial charge in [-0.3, -0.25) is 38.4 Å². The number of hydrogen-bond donors (Lipinski definition) is 4. The van der Waals surface area contributed by atoms with Crippen molar-refractivity contribution < 1.29 is 161 Å². The Bertz CT molecular complexity index is 1850. The van der Waals surface area contributed by atoms with E-state index in [0.717, 1.165) is 77.0 Å². The normalized spacial score (nSPS) is 11.2. The van der Waals surface area contributed by atoms with Crippen molar-refractivity contribution in [2.45, 2.75) is 261 Å². The Morgan fingerprint density at radius 2 is 0.317 bits per heavy atom. The van der Waals surface area contributed by atoms with E-state index in [-0.39, 0.29) is 105 Å². The monoisotopic (exact) mass is 1530 g/mol. The Balaban J connectivity index is -0.000000404. The second kappa shape index (κ2) is 68.0.